The molecule has 4 nitrogen and oxygen atoms in total. The highest BCUT2D eigenvalue weighted by Gasteiger charge is 2.06. The Kier molecular flexibility index (Phi) is 3.48. The lowest BCUT2D eigenvalue weighted by Crippen LogP contribution is -2.10. The van der Waals surface area contributed by atoms with Crippen LogP contribution in [0.15, 0.2) is 18.2 Å². The summed E-state index contributed by atoms with van der Waals surface area (Å²) in [6.07, 6.45) is -0.289. The zero-order valence-corrected chi connectivity index (χ0v) is 8.06. The lowest BCUT2D eigenvalue weighted by Gasteiger charge is -2.11. The largest absolute Gasteiger partial charge is 0.497 e. The van der Waals surface area contributed by atoms with Gasteiger partial charge in [-0.05, 0) is 25.1 Å². The van der Waals surface area contributed by atoms with Crippen molar-refractivity contribution in [3.8, 4) is 11.5 Å². The van der Waals surface area contributed by atoms with E-state index in [0.717, 1.165) is 0 Å². The molecule has 0 radical (unpaired) electrons. The van der Waals surface area contributed by atoms with E-state index in [4.69, 9.17) is 14.6 Å². The van der Waals surface area contributed by atoms with Gasteiger partial charge in [-0.2, -0.15) is 0 Å². The van der Waals surface area contributed by atoms with Crippen LogP contribution >= 0.6 is 0 Å². The quantitative estimate of drug-likeness (QED) is 0.581. The Hall–Kier alpha value is -1.55. The minimum atomic E-state index is -0.943. The van der Waals surface area contributed by atoms with Crippen molar-refractivity contribution in [2.45, 2.75) is 13.2 Å². The van der Waals surface area contributed by atoms with Crippen LogP contribution in [0.5, 0.6) is 11.5 Å². The Morgan fingerprint density at radius 2 is 2.21 bits per heavy atom. The molecular weight excluding hydrogens is 184 g/mol. The number of methoxy groups -OCH3 is 1. The molecule has 4 heteroatoms. The van der Waals surface area contributed by atoms with Crippen LogP contribution in [0.25, 0.3) is 0 Å². The predicted octanol–water partition coefficient (Wildman–Crippen LogP) is 1.22. The van der Waals surface area contributed by atoms with Crippen LogP contribution in [0.1, 0.15) is 17.3 Å². The van der Waals surface area contributed by atoms with Crippen molar-refractivity contribution in [3.05, 3.63) is 23.8 Å². The van der Waals surface area contributed by atoms with E-state index >= 15 is 0 Å². The molecule has 1 atom stereocenters. The van der Waals surface area contributed by atoms with Gasteiger partial charge < -0.3 is 14.6 Å². The molecule has 0 aliphatic heterocycles. The van der Waals surface area contributed by atoms with Crippen LogP contribution in [-0.4, -0.2) is 24.8 Å². The number of ether oxygens (including phenoxy) is 2. The van der Waals surface area contributed by atoms with Gasteiger partial charge in [-0.25, -0.2) is 0 Å². The van der Waals surface area contributed by atoms with Gasteiger partial charge in [0.25, 0.3) is 0 Å². The zero-order valence-electron chi connectivity index (χ0n) is 8.06. The van der Waals surface area contributed by atoms with Crippen molar-refractivity contribution in [2.75, 3.05) is 7.11 Å². The number of aliphatic hydroxyl groups excluding tert-OH is 1. The second-order valence-electron chi connectivity index (χ2n) is 2.74. The first-order chi connectivity index (χ1) is 6.67. The molecule has 0 spiro atoms. The maximum absolute atomic E-state index is 10.7. The molecule has 0 saturated heterocycles. The molecule has 14 heavy (non-hydrogen) atoms. The molecule has 76 valence electrons. The number of rotatable bonds is 4. The predicted molar refractivity (Wildman–Crippen MR) is 50.7 cm³/mol. The monoisotopic (exact) mass is 196 g/mol. The SMILES string of the molecule is COc1ccc(OC(C)O)c(C=O)c1. The smallest absolute Gasteiger partial charge is 0.194 e. The molecule has 0 heterocycles. The van der Waals surface area contributed by atoms with E-state index < -0.39 is 6.29 Å². The summed E-state index contributed by atoms with van der Waals surface area (Å²) in [7, 11) is 1.51. The molecule has 0 aliphatic carbocycles. The second-order valence-corrected chi connectivity index (χ2v) is 2.74. The van der Waals surface area contributed by atoms with Crippen LogP contribution in [0, 0.1) is 0 Å². The van der Waals surface area contributed by atoms with E-state index in [1.807, 2.05) is 0 Å². The van der Waals surface area contributed by atoms with Gasteiger partial charge in [-0.15, -0.1) is 0 Å². The maximum atomic E-state index is 10.7. The maximum Gasteiger partial charge on any atom is 0.194 e. The van der Waals surface area contributed by atoms with Crippen molar-refractivity contribution < 1.29 is 19.4 Å². The first-order valence-electron chi connectivity index (χ1n) is 4.15. The number of hydrogen-bond donors (Lipinski definition) is 1. The lowest BCUT2D eigenvalue weighted by atomic mass is 10.2. The summed E-state index contributed by atoms with van der Waals surface area (Å²) in [5, 5.41) is 8.98. The highest BCUT2D eigenvalue weighted by Crippen LogP contribution is 2.23. The molecule has 1 aromatic carbocycles. The van der Waals surface area contributed by atoms with E-state index in [2.05, 4.69) is 0 Å². The van der Waals surface area contributed by atoms with Gasteiger partial charge in [0.05, 0.1) is 12.7 Å². The third-order valence-electron chi connectivity index (χ3n) is 1.64. The third kappa shape index (κ3) is 2.47. The number of carbonyl (C=O) groups is 1. The molecule has 1 unspecified atom stereocenters. The van der Waals surface area contributed by atoms with Crippen molar-refractivity contribution in [2.24, 2.45) is 0 Å². The van der Waals surface area contributed by atoms with E-state index in [0.29, 0.717) is 23.3 Å². The molecule has 0 saturated carbocycles. The second kappa shape index (κ2) is 4.62. The van der Waals surface area contributed by atoms with E-state index in [1.165, 1.54) is 14.0 Å². The normalized spacial score (nSPS) is 11.9. The molecule has 1 N–H and O–H groups in total. The highest BCUT2D eigenvalue weighted by atomic mass is 16.6. The van der Waals surface area contributed by atoms with Gasteiger partial charge in [0, 0.05) is 0 Å². The third-order valence-corrected chi connectivity index (χ3v) is 1.64. The van der Waals surface area contributed by atoms with Gasteiger partial charge in [0.15, 0.2) is 12.6 Å². The summed E-state index contributed by atoms with van der Waals surface area (Å²) in [6, 6.07) is 4.78. The Morgan fingerprint density at radius 1 is 1.50 bits per heavy atom. The number of aldehydes is 1. The van der Waals surface area contributed by atoms with Gasteiger partial charge in [0.2, 0.25) is 0 Å². The van der Waals surface area contributed by atoms with Crippen molar-refractivity contribution in [1.29, 1.82) is 0 Å². The standard InChI is InChI=1S/C10H12O4/c1-7(12)14-10-4-3-9(13-2)5-8(10)6-11/h3-7,12H,1-2H3. The Morgan fingerprint density at radius 3 is 2.71 bits per heavy atom. The number of aliphatic hydroxyl groups is 1. The van der Waals surface area contributed by atoms with E-state index in [-0.39, 0.29) is 0 Å². The minimum absolute atomic E-state index is 0.343. The summed E-state index contributed by atoms with van der Waals surface area (Å²) < 4.78 is 9.94. The fraction of sp³-hybridized carbons (Fsp3) is 0.300. The Bertz CT molecular complexity index is 320. The number of carbonyl (C=O) groups excluding carboxylic acids is 1. The Labute approximate surface area is 82.1 Å². The topological polar surface area (TPSA) is 55.8 Å². The average Bonchev–Trinajstić information content (AvgIpc) is 2.17. The van der Waals surface area contributed by atoms with E-state index in [1.54, 1.807) is 18.2 Å². The van der Waals surface area contributed by atoms with Crippen LogP contribution in [0.4, 0.5) is 0 Å². The van der Waals surface area contributed by atoms with Crippen LogP contribution in [0.3, 0.4) is 0 Å². The number of hydrogen-bond acceptors (Lipinski definition) is 4. The van der Waals surface area contributed by atoms with Crippen LogP contribution in [-0.2, 0) is 0 Å². The molecule has 0 aromatic heterocycles. The molecule has 0 amide bonds. The molecular formula is C10H12O4. The van der Waals surface area contributed by atoms with E-state index in [9.17, 15) is 4.79 Å². The fourth-order valence-electron chi connectivity index (χ4n) is 1.04. The molecule has 0 bridgehead atoms. The lowest BCUT2D eigenvalue weighted by molar-refractivity contribution is -0.000669. The van der Waals surface area contributed by atoms with Gasteiger partial charge in [0.1, 0.15) is 11.5 Å². The number of benzene rings is 1. The summed E-state index contributed by atoms with van der Waals surface area (Å²) >= 11 is 0. The minimum Gasteiger partial charge on any atom is -0.497 e. The summed E-state index contributed by atoms with van der Waals surface area (Å²) in [5.74, 6) is 0.917. The highest BCUT2D eigenvalue weighted by molar-refractivity contribution is 5.80. The summed E-state index contributed by atoms with van der Waals surface area (Å²) in [5.41, 5.74) is 0.352. The molecule has 0 aliphatic rings. The first-order valence-corrected chi connectivity index (χ1v) is 4.15. The first kappa shape index (κ1) is 10.5. The Balaban J connectivity index is 2.99. The van der Waals surface area contributed by atoms with Crippen molar-refractivity contribution in [3.63, 3.8) is 0 Å². The molecule has 1 aromatic rings. The van der Waals surface area contributed by atoms with Crippen molar-refractivity contribution >= 4 is 6.29 Å². The average molecular weight is 196 g/mol. The summed E-state index contributed by atoms with van der Waals surface area (Å²) in [6.45, 7) is 1.47. The zero-order chi connectivity index (χ0) is 10.6. The van der Waals surface area contributed by atoms with Gasteiger partial charge in [-0.3, -0.25) is 4.79 Å². The van der Waals surface area contributed by atoms with Crippen LogP contribution < -0.4 is 9.47 Å². The van der Waals surface area contributed by atoms with Crippen molar-refractivity contribution in [1.82, 2.24) is 0 Å². The molecule has 1 rings (SSSR count). The van der Waals surface area contributed by atoms with Gasteiger partial charge >= 0.3 is 0 Å². The van der Waals surface area contributed by atoms with Crippen LogP contribution in [0.2, 0.25) is 0 Å². The van der Waals surface area contributed by atoms with Gasteiger partial charge in [-0.1, -0.05) is 0 Å². The molecule has 0 fully saturated rings. The fourth-order valence-corrected chi connectivity index (χ4v) is 1.04. The summed E-state index contributed by atoms with van der Waals surface area (Å²) in [4.78, 5) is 10.7.